The van der Waals surface area contributed by atoms with E-state index in [-0.39, 0.29) is 0 Å². The summed E-state index contributed by atoms with van der Waals surface area (Å²) in [6.45, 7) is 4.73. The maximum absolute atomic E-state index is 12.0. The number of hydrogen-bond donors (Lipinski definition) is 1. The SMILES string of the molecule is CC1CCCCCN1C(=O)CNCC1CC1. The fraction of sp³-hybridized carbons (Fsp3) is 0.923. The summed E-state index contributed by atoms with van der Waals surface area (Å²) in [5, 5.41) is 3.29. The quantitative estimate of drug-likeness (QED) is 0.789. The highest BCUT2D eigenvalue weighted by atomic mass is 16.2. The largest absolute Gasteiger partial charge is 0.339 e. The van der Waals surface area contributed by atoms with E-state index in [1.54, 1.807) is 0 Å². The number of rotatable bonds is 4. The van der Waals surface area contributed by atoms with Crippen LogP contribution in [0.25, 0.3) is 0 Å². The van der Waals surface area contributed by atoms with Crippen molar-refractivity contribution in [3.05, 3.63) is 0 Å². The molecule has 0 aromatic rings. The topological polar surface area (TPSA) is 32.3 Å². The first-order valence-corrected chi connectivity index (χ1v) is 6.77. The fourth-order valence-corrected chi connectivity index (χ4v) is 2.45. The van der Waals surface area contributed by atoms with Crippen molar-refractivity contribution >= 4 is 5.91 Å². The average molecular weight is 224 g/mol. The predicted octanol–water partition coefficient (Wildman–Crippen LogP) is 1.78. The Bertz CT molecular complexity index is 238. The van der Waals surface area contributed by atoms with Crippen LogP contribution in [-0.4, -0.2) is 36.5 Å². The lowest BCUT2D eigenvalue weighted by Crippen LogP contribution is -2.43. The molecule has 3 nitrogen and oxygen atoms in total. The minimum absolute atomic E-state index is 0.301. The molecule has 0 aromatic carbocycles. The van der Waals surface area contributed by atoms with Crippen LogP contribution in [0.15, 0.2) is 0 Å². The third-order valence-electron chi connectivity index (χ3n) is 3.78. The zero-order chi connectivity index (χ0) is 11.4. The highest BCUT2D eigenvalue weighted by molar-refractivity contribution is 5.78. The van der Waals surface area contributed by atoms with Crippen molar-refractivity contribution in [1.29, 1.82) is 0 Å². The summed E-state index contributed by atoms with van der Waals surface area (Å²) in [4.78, 5) is 14.1. The lowest BCUT2D eigenvalue weighted by Gasteiger charge is -2.27. The maximum atomic E-state index is 12.0. The molecule has 16 heavy (non-hydrogen) atoms. The van der Waals surface area contributed by atoms with Crippen molar-refractivity contribution in [2.75, 3.05) is 19.6 Å². The number of nitrogens with zero attached hydrogens (tertiary/aromatic N) is 1. The molecular weight excluding hydrogens is 200 g/mol. The van der Waals surface area contributed by atoms with E-state index in [9.17, 15) is 4.79 Å². The highest BCUT2D eigenvalue weighted by Crippen LogP contribution is 2.27. The molecule has 0 radical (unpaired) electrons. The summed E-state index contributed by atoms with van der Waals surface area (Å²) < 4.78 is 0. The van der Waals surface area contributed by atoms with Crippen molar-refractivity contribution in [1.82, 2.24) is 10.2 Å². The van der Waals surface area contributed by atoms with Gasteiger partial charge in [-0.3, -0.25) is 4.79 Å². The zero-order valence-electron chi connectivity index (χ0n) is 10.4. The maximum Gasteiger partial charge on any atom is 0.236 e. The summed E-state index contributed by atoms with van der Waals surface area (Å²) in [6.07, 6.45) is 7.61. The second-order valence-corrected chi connectivity index (χ2v) is 5.36. The van der Waals surface area contributed by atoms with Crippen LogP contribution in [0.2, 0.25) is 0 Å². The molecule has 1 aliphatic heterocycles. The molecule has 1 saturated heterocycles. The van der Waals surface area contributed by atoms with Gasteiger partial charge in [0.1, 0.15) is 0 Å². The molecule has 1 aliphatic carbocycles. The fourth-order valence-electron chi connectivity index (χ4n) is 2.45. The van der Waals surface area contributed by atoms with Crippen LogP contribution < -0.4 is 5.32 Å². The number of hydrogen-bond acceptors (Lipinski definition) is 2. The van der Waals surface area contributed by atoms with Gasteiger partial charge in [0.15, 0.2) is 0 Å². The lowest BCUT2D eigenvalue weighted by molar-refractivity contribution is -0.132. The van der Waals surface area contributed by atoms with Gasteiger partial charge in [-0.1, -0.05) is 12.8 Å². The predicted molar refractivity (Wildman–Crippen MR) is 65.2 cm³/mol. The van der Waals surface area contributed by atoms with Gasteiger partial charge < -0.3 is 10.2 Å². The Kier molecular flexibility index (Phi) is 4.22. The molecule has 1 atom stereocenters. The summed E-state index contributed by atoms with van der Waals surface area (Å²) in [5.74, 6) is 1.16. The van der Waals surface area contributed by atoms with E-state index in [1.807, 2.05) is 0 Å². The van der Waals surface area contributed by atoms with E-state index in [0.29, 0.717) is 18.5 Å². The van der Waals surface area contributed by atoms with E-state index in [1.165, 1.54) is 38.5 Å². The van der Waals surface area contributed by atoms with Crippen molar-refractivity contribution in [3.8, 4) is 0 Å². The minimum atomic E-state index is 0.301. The minimum Gasteiger partial charge on any atom is -0.339 e. The number of likely N-dealkylation sites (tertiary alicyclic amines) is 1. The smallest absolute Gasteiger partial charge is 0.236 e. The number of amides is 1. The van der Waals surface area contributed by atoms with Crippen LogP contribution in [0.1, 0.15) is 45.4 Å². The van der Waals surface area contributed by atoms with Gasteiger partial charge in [0, 0.05) is 12.6 Å². The first-order valence-electron chi connectivity index (χ1n) is 6.77. The van der Waals surface area contributed by atoms with Gasteiger partial charge in [0.2, 0.25) is 5.91 Å². The van der Waals surface area contributed by atoms with Crippen molar-refractivity contribution < 1.29 is 4.79 Å². The first-order chi connectivity index (χ1) is 7.77. The van der Waals surface area contributed by atoms with E-state index in [4.69, 9.17) is 0 Å². The van der Waals surface area contributed by atoms with Crippen LogP contribution in [0.4, 0.5) is 0 Å². The van der Waals surface area contributed by atoms with Crippen molar-refractivity contribution in [2.45, 2.75) is 51.5 Å². The molecule has 2 rings (SSSR count). The lowest BCUT2D eigenvalue weighted by atomic mass is 10.1. The monoisotopic (exact) mass is 224 g/mol. The molecule has 1 N–H and O–H groups in total. The van der Waals surface area contributed by atoms with Crippen LogP contribution >= 0.6 is 0 Å². The van der Waals surface area contributed by atoms with Gasteiger partial charge in [0.25, 0.3) is 0 Å². The van der Waals surface area contributed by atoms with Crippen LogP contribution in [0.3, 0.4) is 0 Å². The standard InChI is InChI=1S/C13H24N2O/c1-11-5-3-2-4-8-15(11)13(16)10-14-9-12-6-7-12/h11-12,14H,2-10H2,1H3. The van der Waals surface area contributed by atoms with E-state index < -0.39 is 0 Å². The van der Waals surface area contributed by atoms with Gasteiger partial charge in [0.05, 0.1) is 6.54 Å². The van der Waals surface area contributed by atoms with Crippen LogP contribution in [0.5, 0.6) is 0 Å². The van der Waals surface area contributed by atoms with E-state index in [2.05, 4.69) is 17.1 Å². The summed E-state index contributed by atoms with van der Waals surface area (Å²) >= 11 is 0. The number of carbonyl (C=O) groups is 1. The summed E-state index contributed by atoms with van der Waals surface area (Å²) in [5.41, 5.74) is 0. The Morgan fingerprint density at radius 1 is 1.25 bits per heavy atom. The molecule has 1 unspecified atom stereocenters. The molecule has 2 aliphatic rings. The second kappa shape index (κ2) is 5.67. The molecule has 1 amide bonds. The van der Waals surface area contributed by atoms with Gasteiger partial charge in [-0.2, -0.15) is 0 Å². The van der Waals surface area contributed by atoms with Gasteiger partial charge in [-0.15, -0.1) is 0 Å². The molecule has 1 heterocycles. The highest BCUT2D eigenvalue weighted by Gasteiger charge is 2.23. The molecule has 3 heteroatoms. The number of carbonyl (C=O) groups excluding carboxylic acids is 1. The Morgan fingerprint density at radius 3 is 2.81 bits per heavy atom. The van der Waals surface area contributed by atoms with Crippen LogP contribution in [0, 0.1) is 5.92 Å². The number of nitrogens with one attached hydrogen (secondary N) is 1. The molecule has 2 fully saturated rings. The van der Waals surface area contributed by atoms with Gasteiger partial charge in [-0.25, -0.2) is 0 Å². The second-order valence-electron chi connectivity index (χ2n) is 5.36. The Morgan fingerprint density at radius 2 is 2.06 bits per heavy atom. The Labute approximate surface area is 98.6 Å². The molecule has 0 aromatic heterocycles. The molecule has 92 valence electrons. The van der Waals surface area contributed by atoms with Crippen molar-refractivity contribution in [2.24, 2.45) is 5.92 Å². The van der Waals surface area contributed by atoms with Gasteiger partial charge in [-0.05, 0) is 45.1 Å². The third-order valence-corrected chi connectivity index (χ3v) is 3.78. The van der Waals surface area contributed by atoms with E-state index in [0.717, 1.165) is 19.0 Å². The third kappa shape index (κ3) is 3.48. The molecule has 0 spiro atoms. The van der Waals surface area contributed by atoms with Crippen molar-refractivity contribution in [3.63, 3.8) is 0 Å². The van der Waals surface area contributed by atoms with Crippen LogP contribution in [-0.2, 0) is 4.79 Å². The molecule has 0 bridgehead atoms. The normalized spacial score (nSPS) is 26.6. The van der Waals surface area contributed by atoms with Gasteiger partial charge >= 0.3 is 0 Å². The zero-order valence-corrected chi connectivity index (χ0v) is 10.4. The Hall–Kier alpha value is -0.570. The summed E-state index contributed by atoms with van der Waals surface area (Å²) in [6, 6.07) is 0.442. The average Bonchev–Trinajstić information content (AvgIpc) is 3.06. The molecule has 1 saturated carbocycles. The first kappa shape index (κ1) is 11.9. The summed E-state index contributed by atoms with van der Waals surface area (Å²) in [7, 11) is 0. The Balaban J connectivity index is 1.72. The van der Waals surface area contributed by atoms with E-state index >= 15 is 0 Å². The molecular formula is C13H24N2O.